The van der Waals surface area contributed by atoms with Crippen molar-refractivity contribution in [3.63, 3.8) is 0 Å². The minimum absolute atomic E-state index is 1.06. The summed E-state index contributed by atoms with van der Waals surface area (Å²) in [7, 11) is 0. The lowest BCUT2D eigenvalue weighted by Gasteiger charge is -2.04. The molecule has 0 radical (unpaired) electrons. The predicted octanol–water partition coefficient (Wildman–Crippen LogP) is 2.90. The van der Waals surface area contributed by atoms with Gasteiger partial charge in [-0.3, -0.25) is 0 Å². The van der Waals surface area contributed by atoms with Crippen LogP contribution in [-0.4, -0.2) is 9.38 Å². The maximum Gasteiger partial charge on any atom is 0.137 e. The van der Waals surface area contributed by atoms with E-state index in [9.17, 15) is 0 Å². The Labute approximate surface area is 84.6 Å². The molecule has 0 spiro atoms. The normalized spacial score (nSPS) is 11.1. The smallest absolute Gasteiger partial charge is 0.137 e. The first kappa shape index (κ1) is 9.25. The van der Waals surface area contributed by atoms with Crippen molar-refractivity contribution in [1.29, 1.82) is 0 Å². The molecule has 0 amide bonds. The molecule has 2 heterocycles. The molecule has 0 aliphatic rings. The van der Waals surface area contributed by atoms with Crippen LogP contribution in [0.1, 0.15) is 30.2 Å². The van der Waals surface area contributed by atoms with Crippen LogP contribution in [0.5, 0.6) is 0 Å². The molecule has 0 atom stereocenters. The average Bonchev–Trinajstić information content (AvgIpc) is 2.45. The molecule has 2 rings (SSSR count). The summed E-state index contributed by atoms with van der Waals surface area (Å²) in [5.74, 6) is 0. The van der Waals surface area contributed by atoms with Gasteiger partial charge in [-0.2, -0.15) is 0 Å². The van der Waals surface area contributed by atoms with E-state index in [1.807, 2.05) is 6.92 Å². The van der Waals surface area contributed by atoms with E-state index in [1.54, 1.807) is 0 Å². The number of aromatic nitrogens is 2. The molecule has 0 bridgehead atoms. The molecule has 14 heavy (non-hydrogen) atoms. The third kappa shape index (κ3) is 1.52. The lowest BCUT2D eigenvalue weighted by atomic mass is 10.1. The maximum atomic E-state index is 4.44. The topological polar surface area (TPSA) is 17.3 Å². The lowest BCUT2D eigenvalue weighted by Crippen LogP contribution is -1.93. The highest BCUT2D eigenvalue weighted by molar-refractivity contribution is 5.45. The highest BCUT2D eigenvalue weighted by Gasteiger charge is 2.02. The summed E-state index contributed by atoms with van der Waals surface area (Å²) in [6, 6.07) is 2.16. The van der Waals surface area contributed by atoms with Crippen LogP contribution < -0.4 is 0 Å². The van der Waals surface area contributed by atoms with E-state index >= 15 is 0 Å². The van der Waals surface area contributed by atoms with Crippen LogP contribution in [0.4, 0.5) is 0 Å². The number of aryl methyl sites for hydroxylation is 3. The molecular weight excluding hydrogens is 172 g/mol. The maximum absolute atomic E-state index is 4.44. The fraction of sp³-hybridized carbons (Fsp3) is 0.417. The summed E-state index contributed by atoms with van der Waals surface area (Å²) in [4.78, 5) is 4.44. The van der Waals surface area contributed by atoms with Crippen LogP contribution in [0.3, 0.4) is 0 Å². The number of hydrogen-bond acceptors (Lipinski definition) is 1. The van der Waals surface area contributed by atoms with Gasteiger partial charge < -0.3 is 4.40 Å². The predicted molar refractivity (Wildman–Crippen MR) is 58.7 cm³/mol. The first-order valence-corrected chi connectivity index (χ1v) is 5.15. The highest BCUT2D eigenvalue weighted by Crippen LogP contribution is 2.14. The zero-order valence-electron chi connectivity index (χ0n) is 9.04. The summed E-state index contributed by atoms with van der Waals surface area (Å²) in [6.07, 6.45) is 6.63. The van der Waals surface area contributed by atoms with Crippen molar-refractivity contribution < 1.29 is 0 Å². The molecule has 0 fully saturated rings. The number of rotatable bonds is 2. The molecule has 0 saturated carbocycles. The quantitative estimate of drug-likeness (QED) is 0.708. The number of hydrogen-bond donors (Lipinski definition) is 0. The van der Waals surface area contributed by atoms with E-state index in [0.717, 1.165) is 17.8 Å². The van der Waals surface area contributed by atoms with Gasteiger partial charge >= 0.3 is 0 Å². The summed E-state index contributed by atoms with van der Waals surface area (Å²) in [6.45, 7) is 6.40. The Morgan fingerprint density at radius 2 is 2.07 bits per heavy atom. The first-order chi connectivity index (χ1) is 6.70. The fourth-order valence-corrected chi connectivity index (χ4v) is 1.83. The Morgan fingerprint density at radius 1 is 1.29 bits per heavy atom. The molecule has 74 valence electrons. The Kier molecular flexibility index (Phi) is 2.28. The summed E-state index contributed by atoms with van der Waals surface area (Å²) >= 11 is 0. The van der Waals surface area contributed by atoms with Crippen molar-refractivity contribution in [2.24, 2.45) is 0 Å². The van der Waals surface area contributed by atoms with Gasteiger partial charge in [-0.15, -0.1) is 0 Å². The van der Waals surface area contributed by atoms with E-state index in [0.29, 0.717) is 0 Å². The molecule has 2 heteroatoms. The van der Waals surface area contributed by atoms with Crippen LogP contribution in [-0.2, 0) is 6.42 Å². The first-order valence-electron chi connectivity index (χ1n) is 5.15. The number of pyridine rings is 1. The van der Waals surface area contributed by atoms with Crippen LogP contribution in [0.25, 0.3) is 5.65 Å². The molecule has 0 aromatic carbocycles. The number of fused-ring (bicyclic) bond motifs is 1. The zero-order valence-corrected chi connectivity index (χ0v) is 9.04. The van der Waals surface area contributed by atoms with Crippen molar-refractivity contribution in [3.05, 3.63) is 35.3 Å². The molecule has 0 saturated heterocycles. The fourth-order valence-electron chi connectivity index (χ4n) is 1.83. The van der Waals surface area contributed by atoms with Crippen LogP contribution >= 0.6 is 0 Å². The van der Waals surface area contributed by atoms with Gasteiger partial charge in [0.05, 0.1) is 5.69 Å². The van der Waals surface area contributed by atoms with Gasteiger partial charge in [-0.25, -0.2) is 4.98 Å². The Bertz CT molecular complexity index is 455. The number of nitrogens with zero attached hydrogens (tertiary/aromatic N) is 2. The van der Waals surface area contributed by atoms with Gasteiger partial charge in [-0.05, 0) is 37.5 Å². The van der Waals surface area contributed by atoms with Crippen LogP contribution in [0, 0.1) is 13.8 Å². The van der Waals surface area contributed by atoms with Crippen molar-refractivity contribution in [1.82, 2.24) is 9.38 Å². The summed E-state index contributed by atoms with van der Waals surface area (Å²) in [5, 5.41) is 0. The zero-order chi connectivity index (χ0) is 10.1. The SMILES string of the molecule is CCCc1cn2cc(C)nc2cc1C. The van der Waals surface area contributed by atoms with Gasteiger partial charge in [0.1, 0.15) is 5.65 Å². The van der Waals surface area contributed by atoms with Gasteiger partial charge in [0, 0.05) is 12.4 Å². The van der Waals surface area contributed by atoms with Crippen molar-refractivity contribution in [2.75, 3.05) is 0 Å². The second-order valence-electron chi connectivity index (χ2n) is 3.88. The molecule has 0 aliphatic heterocycles. The molecular formula is C12H16N2. The molecule has 2 aromatic rings. The van der Waals surface area contributed by atoms with Gasteiger partial charge in [-0.1, -0.05) is 13.3 Å². The highest BCUT2D eigenvalue weighted by atomic mass is 15.0. The second kappa shape index (κ2) is 3.45. The summed E-state index contributed by atoms with van der Waals surface area (Å²) < 4.78 is 2.12. The van der Waals surface area contributed by atoms with Crippen molar-refractivity contribution in [3.8, 4) is 0 Å². The minimum atomic E-state index is 1.06. The molecule has 0 aliphatic carbocycles. The van der Waals surface area contributed by atoms with Crippen molar-refractivity contribution >= 4 is 5.65 Å². The minimum Gasteiger partial charge on any atom is -0.307 e. The van der Waals surface area contributed by atoms with Crippen LogP contribution in [0.15, 0.2) is 18.5 Å². The largest absolute Gasteiger partial charge is 0.307 e. The Balaban J connectivity index is 2.58. The third-order valence-electron chi connectivity index (χ3n) is 2.55. The van der Waals surface area contributed by atoms with Gasteiger partial charge in [0.2, 0.25) is 0 Å². The standard InChI is InChI=1S/C12H16N2/c1-4-5-11-8-14-7-10(3)13-12(14)6-9(11)2/h6-8H,4-5H2,1-3H3. The van der Waals surface area contributed by atoms with E-state index in [-0.39, 0.29) is 0 Å². The van der Waals surface area contributed by atoms with Crippen LogP contribution in [0.2, 0.25) is 0 Å². The summed E-state index contributed by atoms with van der Waals surface area (Å²) in [5.41, 5.74) is 4.92. The van der Waals surface area contributed by atoms with Crippen molar-refractivity contribution in [2.45, 2.75) is 33.6 Å². The molecule has 0 N–H and O–H groups in total. The van der Waals surface area contributed by atoms with E-state index in [2.05, 4.69) is 41.7 Å². The Hall–Kier alpha value is -1.31. The van der Waals surface area contributed by atoms with Gasteiger partial charge in [0.25, 0.3) is 0 Å². The van der Waals surface area contributed by atoms with E-state index < -0.39 is 0 Å². The molecule has 2 nitrogen and oxygen atoms in total. The van der Waals surface area contributed by atoms with E-state index in [4.69, 9.17) is 0 Å². The molecule has 0 unspecified atom stereocenters. The Morgan fingerprint density at radius 3 is 2.79 bits per heavy atom. The molecule has 2 aromatic heterocycles. The third-order valence-corrected chi connectivity index (χ3v) is 2.55. The second-order valence-corrected chi connectivity index (χ2v) is 3.88. The van der Waals surface area contributed by atoms with E-state index in [1.165, 1.54) is 17.5 Å². The monoisotopic (exact) mass is 188 g/mol. The van der Waals surface area contributed by atoms with Gasteiger partial charge in [0.15, 0.2) is 0 Å². The lowest BCUT2D eigenvalue weighted by molar-refractivity contribution is 0.898. The average molecular weight is 188 g/mol. The number of imidazole rings is 1.